The van der Waals surface area contributed by atoms with Crippen LogP contribution < -0.4 is 5.32 Å². The lowest BCUT2D eigenvalue weighted by molar-refractivity contribution is 0.0691. The molecule has 2 heterocycles. The van der Waals surface area contributed by atoms with Gasteiger partial charge in [0.15, 0.2) is 0 Å². The van der Waals surface area contributed by atoms with Crippen LogP contribution in [0.4, 0.5) is 5.69 Å². The normalized spacial score (nSPS) is 13.2. The third kappa shape index (κ3) is 6.20. The molecule has 6 rings (SSSR count). The van der Waals surface area contributed by atoms with Crippen molar-refractivity contribution in [1.82, 2.24) is 9.88 Å². The highest BCUT2D eigenvalue weighted by Crippen LogP contribution is 2.36. The molecule has 0 aliphatic carbocycles. The summed E-state index contributed by atoms with van der Waals surface area (Å²) in [6.07, 6.45) is 1.49. The first kappa shape index (κ1) is 29.1. The minimum absolute atomic E-state index is 0.207. The van der Waals surface area contributed by atoms with Gasteiger partial charge < -0.3 is 15.3 Å². The fraction of sp³-hybridized carbons (Fsp3) is 0.143. The molecule has 0 unspecified atom stereocenters. The van der Waals surface area contributed by atoms with Crippen LogP contribution in [0.3, 0.4) is 0 Å². The summed E-state index contributed by atoms with van der Waals surface area (Å²) < 4.78 is 0. The maximum Gasteiger partial charge on any atom is 0.335 e. The van der Waals surface area contributed by atoms with Crippen molar-refractivity contribution in [2.45, 2.75) is 18.8 Å². The number of carboxylic acids is 1. The molecule has 1 aliphatic rings. The second-order valence-electron chi connectivity index (χ2n) is 10.4. The van der Waals surface area contributed by atoms with Crippen LogP contribution in [0.25, 0.3) is 21.0 Å². The van der Waals surface area contributed by atoms with E-state index in [1.165, 1.54) is 11.3 Å². The van der Waals surface area contributed by atoms with Crippen molar-refractivity contribution in [3.8, 4) is 21.0 Å². The Kier molecular flexibility index (Phi) is 8.42. The molecule has 7 nitrogen and oxygen atoms in total. The average Bonchev–Trinajstić information content (AvgIpc) is 3.52. The first-order chi connectivity index (χ1) is 21.4. The standard InChI is InChI=1S/C35H26ClN3O4S/c36-29-16-15-27(21-28(29)34(41)39-19-17-23(18-20-39)22-11-13-26(14-12-22)35(42)43)37-32(40)30-31(24-7-3-1-4-8-24)44-33(38-30)25-9-5-2-6-10-25/h1-3,5-7,9-16,21,23H,17-20H2,(H,37,40)(H,42,43). The van der Waals surface area contributed by atoms with Gasteiger partial charge in [0.25, 0.3) is 11.8 Å². The SMILES string of the molecule is O=C(O)c1ccc(C2CCN(C(=O)c3cc(NC(=O)c4nc(-c5ccccc5)sc4-c4c#cccc4)ccc3Cl)CC2)cc1. The predicted octanol–water partition coefficient (Wildman–Crippen LogP) is 7.70. The van der Waals surface area contributed by atoms with Crippen molar-refractivity contribution in [1.29, 1.82) is 0 Å². The number of nitrogens with one attached hydrogen (secondary N) is 1. The Morgan fingerprint density at radius 2 is 1.70 bits per heavy atom. The Morgan fingerprint density at radius 3 is 2.39 bits per heavy atom. The molecule has 0 atom stereocenters. The van der Waals surface area contributed by atoms with Crippen molar-refractivity contribution in [3.63, 3.8) is 0 Å². The van der Waals surface area contributed by atoms with E-state index < -0.39 is 11.9 Å². The quantitative estimate of drug-likeness (QED) is 0.194. The molecule has 1 aliphatic heterocycles. The van der Waals surface area contributed by atoms with Gasteiger partial charge in [-0.2, -0.15) is 0 Å². The van der Waals surface area contributed by atoms with Crippen LogP contribution in [0.15, 0.2) is 91.0 Å². The van der Waals surface area contributed by atoms with Gasteiger partial charge in [-0.3, -0.25) is 9.59 Å². The lowest BCUT2D eigenvalue weighted by Crippen LogP contribution is -2.38. The maximum atomic E-state index is 13.6. The third-order valence-electron chi connectivity index (χ3n) is 7.62. The van der Waals surface area contributed by atoms with E-state index in [2.05, 4.69) is 22.4 Å². The van der Waals surface area contributed by atoms with Crippen LogP contribution in [-0.4, -0.2) is 45.9 Å². The molecule has 0 saturated carbocycles. The number of hydrogen-bond acceptors (Lipinski definition) is 5. The topological polar surface area (TPSA) is 99.6 Å². The molecule has 0 radical (unpaired) electrons. The minimum atomic E-state index is -0.954. The molecular formula is C35H26ClN3O4S. The fourth-order valence-corrected chi connectivity index (χ4v) is 6.53. The van der Waals surface area contributed by atoms with E-state index in [1.807, 2.05) is 54.6 Å². The molecule has 0 bridgehead atoms. The van der Waals surface area contributed by atoms with Crippen molar-refractivity contribution >= 4 is 46.4 Å². The second kappa shape index (κ2) is 12.7. The first-order valence-corrected chi connectivity index (χ1v) is 15.3. The number of thiazole rings is 1. The smallest absolute Gasteiger partial charge is 0.335 e. The number of anilines is 1. The summed E-state index contributed by atoms with van der Waals surface area (Å²) in [5.41, 5.74) is 3.92. The number of halogens is 1. The van der Waals surface area contributed by atoms with Gasteiger partial charge in [-0.05, 0) is 66.8 Å². The number of piperidine rings is 1. The van der Waals surface area contributed by atoms with Crippen LogP contribution in [0.2, 0.25) is 5.02 Å². The predicted molar refractivity (Wildman–Crippen MR) is 171 cm³/mol. The Balaban J connectivity index is 1.18. The van der Waals surface area contributed by atoms with Crippen LogP contribution in [0.1, 0.15) is 55.5 Å². The lowest BCUT2D eigenvalue weighted by atomic mass is 9.89. The summed E-state index contributed by atoms with van der Waals surface area (Å²) in [6.45, 7) is 1.07. The molecule has 2 amide bonds. The van der Waals surface area contributed by atoms with Gasteiger partial charge in [-0.15, -0.1) is 11.3 Å². The van der Waals surface area contributed by atoms with Gasteiger partial charge in [-0.1, -0.05) is 72.3 Å². The molecule has 218 valence electrons. The van der Waals surface area contributed by atoms with Gasteiger partial charge in [0, 0.05) is 29.9 Å². The van der Waals surface area contributed by atoms with Crippen molar-refractivity contribution < 1.29 is 19.5 Å². The maximum absolute atomic E-state index is 13.6. The van der Waals surface area contributed by atoms with Crippen LogP contribution in [0, 0.1) is 12.1 Å². The molecule has 1 saturated heterocycles. The average molecular weight is 620 g/mol. The van der Waals surface area contributed by atoms with Crippen LogP contribution >= 0.6 is 22.9 Å². The molecule has 4 aromatic carbocycles. The Morgan fingerprint density at radius 1 is 0.955 bits per heavy atom. The highest BCUT2D eigenvalue weighted by Gasteiger charge is 2.27. The van der Waals surface area contributed by atoms with E-state index in [9.17, 15) is 14.4 Å². The number of aromatic carboxylic acids is 1. The van der Waals surface area contributed by atoms with Gasteiger partial charge in [-0.25, -0.2) is 9.78 Å². The van der Waals surface area contributed by atoms with Crippen molar-refractivity contribution in [2.75, 3.05) is 18.4 Å². The number of amides is 2. The van der Waals surface area contributed by atoms with Crippen LogP contribution in [0.5, 0.6) is 0 Å². The van der Waals surface area contributed by atoms with E-state index in [1.54, 1.807) is 41.3 Å². The number of carbonyl (C=O) groups excluding carboxylic acids is 2. The van der Waals surface area contributed by atoms with E-state index >= 15 is 0 Å². The first-order valence-electron chi connectivity index (χ1n) is 14.1. The lowest BCUT2D eigenvalue weighted by Gasteiger charge is -2.32. The molecule has 2 N–H and O–H groups in total. The molecule has 5 aromatic rings. The number of hydrogen-bond donors (Lipinski definition) is 2. The zero-order chi connectivity index (χ0) is 30.6. The fourth-order valence-electron chi connectivity index (χ4n) is 5.29. The molecule has 0 spiro atoms. The molecule has 9 heteroatoms. The van der Waals surface area contributed by atoms with E-state index in [-0.39, 0.29) is 23.1 Å². The van der Waals surface area contributed by atoms with Crippen molar-refractivity contribution in [2.24, 2.45) is 0 Å². The zero-order valence-electron chi connectivity index (χ0n) is 23.4. The summed E-state index contributed by atoms with van der Waals surface area (Å²) >= 11 is 7.88. The Labute approximate surface area is 263 Å². The number of aromatic nitrogens is 1. The van der Waals surface area contributed by atoms with Gasteiger partial charge >= 0.3 is 5.97 Å². The number of carboxylic acid groups (broad SMARTS) is 1. The van der Waals surface area contributed by atoms with Gasteiger partial charge in [0.05, 0.1) is 21.0 Å². The van der Waals surface area contributed by atoms with Gasteiger partial charge in [0.2, 0.25) is 0 Å². The summed E-state index contributed by atoms with van der Waals surface area (Å²) in [4.78, 5) is 45.4. The van der Waals surface area contributed by atoms with Gasteiger partial charge in [0.1, 0.15) is 10.7 Å². The monoisotopic (exact) mass is 619 g/mol. The minimum Gasteiger partial charge on any atom is -0.478 e. The van der Waals surface area contributed by atoms with Crippen LogP contribution in [-0.2, 0) is 0 Å². The second-order valence-corrected chi connectivity index (χ2v) is 11.8. The highest BCUT2D eigenvalue weighted by atomic mass is 35.5. The highest BCUT2D eigenvalue weighted by molar-refractivity contribution is 7.18. The van der Waals surface area contributed by atoms with E-state index in [4.69, 9.17) is 16.7 Å². The molecule has 1 aromatic heterocycles. The van der Waals surface area contributed by atoms with E-state index in [0.29, 0.717) is 44.8 Å². The number of rotatable bonds is 7. The summed E-state index contributed by atoms with van der Waals surface area (Å²) in [6, 6.07) is 32.9. The summed E-state index contributed by atoms with van der Waals surface area (Å²) in [7, 11) is 0. The third-order valence-corrected chi connectivity index (χ3v) is 9.09. The zero-order valence-corrected chi connectivity index (χ0v) is 25.0. The number of benzene rings is 3. The summed E-state index contributed by atoms with van der Waals surface area (Å²) in [5, 5.41) is 13.1. The number of nitrogens with zero attached hydrogens (tertiary/aromatic N) is 2. The Bertz CT molecular complexity index is 1820. The van der Waals surface area contributed by atoms with Crippen molar-refractivity contribution in [3.05, 3.63) is 131 Å². The number of carbonyl (C=O) groups is 3. The van der Waals surface area contributed by atoms with E-state index in [0.717, 1.165) is 24.0 Å². The summed E-state index contributed by atoms with van der Waals surface area (Å²) in [5.74, 6) is -1.34. The Hall–Kier alpha value is -4.97. The molecule has 1 fully saturated rings. The number of likely N-dealkylation sites (tertiary alicyclic amines) is 1. The largest absolute Gasteiger partial charge is 0.478 e. The molecular weight excluding hydrogens is 594 g/mol. The molecule has 44 heavy (non-hydrogen) atoms.